The van der Waals surface area contributed by atoms with E-state index in [1.165, 1.54) is 0 Å². The molecule has 0 radical (unpaired) electrons. The van der Waals surface area contributed by atoms with Crippen LogP contribution in [0.4, 0.5) is 11.4 Å². The lowest BCUT2D eigenvalue weighted by Gasteiger charge is -2.11. The maximum absolute atomic E-state index is 12.3. The summed E-state index contributed by atoms with van der Waals surface area (Å²) in [5.41, 5.74) is 4.21. The van der Waals surface area contributed by atoms with E-state index < -0.39 is 0 Å². The number of amides is 1. The molecular formula is C23H25N3O3. The summed E-state index contributed by atoms with van der Waals surface area (Å²) in [6, 6.07) is 17.1. The first kappa shape index (κ1) is 20.2. The highest BCUT2D eigenvalue weighted by atomic mass is 16.5. The summed E-state index contributed by atoms with van der Waals surface area (Å²) in [4.78, 5) is 16.6. The van der Waals surface area contributed by atoms with Crippen molar-refractivity contribution >= 4 is 17.3 Å². The predicted octanol–water partition coefficient (Wildman–Crippen LogP) is 4.31. The number of nitrogens with one attached hydrogen (secondary N) is 2. The lowest BCUT2D eigenvalue weighted by atomic mass is 10.1. The van der Waals surface area contributed by atoms with Gasteiger partial charge in [-0.15, -0.1) is 0 Å². The molecule has 1 amide bonds. The molecule has 1 aromatic heterocycles. The van der Waals surface area contributed by atoms with Gasteiger partial charge in [-0.1, -0.05) is 18.2 Å². The third-order valence-electron chi connectivity index (χ3n) is 4.46. The highest BCUT2D eigenvalue weighted by Crippen LogP contribution is 2.27. The average molecular weight is 391 g/mol. The molecule has 0 spiro atoms. The molecule has 0 saturated carbocycles. The Hall–Kier alpha value is -3.54. The van der Waals surface area contributed by atoms with Gasteiger partial charge in [0.15, 0.2) is 11.5 Å². The largest absolute Gasteiger partial charge is 0.493 e. The van der Waals surface area contributed by atoms with Gasteiger partial charge in [-0.3, -0.25) is 4.79 Å². The summed E-state index contributed by atoms with van der Waals surface area (Å²) < 4.78 is 10.6. The van der Waals surface area contributed by atoms with E-state index in [-0.39, 0.29) is 5.91 Å². The zero-order chi connectivity index (χ0) is 20.6. The van der Waals surface area contributed by atoms with Crippen LogP contribution in [0.1, 0.15) is 21.6 Å². The van der Waals surface area contributed by atoms with Crippen LogP contribution in [0.15, 0.2) is 60.8 Å². The molecule has 0 bridgehead atoms. The van der Waals surface area contributed by atoms with Crippen molar-refractivity contribution in [3.05, 3.63) is 77.6 Å². The maximum atomic E-state index is 12.3. The normalized spacial score (nSPS) is 10.3. The van der Waals surface area contributed by atoms with Crippen LogP contribution >= 0.6 is 0 Å². The lowest BCUT2D eigenvalue weighted by Crippen LogP contribution is -2.14. The summed E-state index contributed by atoms with van der Waals surface area (Å²) in [6.07, 6.45) is 2.48. The number of benzene rings is 2. The fourth-order valence-corrected chi connectivity index (χ4v) is 2.94. The van der Waals surface area contributed by atoms with Gasteiger partial charge in [0.2, 0.25) is 0 Å². The van der Waals surface area contributed by atoms with Crippen molar-refractivity contribution in [2.75, 3.05) is 31.4 Å². The first-order valence-electron chi connectivity index (χ1n) is 9.38. The molecule has 6 nitrogen and oxygen atoms in total. The topological polar surface area (TPSA) is 72.5 Å². The molecule has 2 aromatic carbocycles. The van der Waals surface area contributed by atoms with E-state index in [4.69, 9.17) is 9.47 Å². The smallest absolute Gasteiger partial charge is 0.274 e. The van der Waals surface area contributed by atoms with Crippen LogP contribution in [0.3, 0.4) is 0 Å². The van der Waals surface area contributed by atoms with Crippen LogP contribution in [0.25, 0.3) is 0 Å². The Labute approximate surface area is 170 Å². The summed E-state index contributed by atoms with van der Waals surface area (Å²) in [6.45, 7) is 2.71. The molecular weight excluding hydrogens is 366 g/mol. The van der Waals surface area contributed by atoms with E-state index in [1.54, 1.807) is 26.5 Å². The Balaban J connectivity index is 1.53. The number of aryl methyl sites for hydroxylation is 1. The monoisotopic (exact) mass is 391 g/mol. The minimum absolute atomic E-state index is 0.229. The molecule has 6 heteroatoms. The number of hydrogen-bond acceptors (Lipinski definition) is 5. The van der Waals surface area contributed by atoms with Gasteiger partial charge in [-0.25, -0.2) is 4.98 Å². The number of ether oxygens (including phenoxy) is 2. The van der Waals surface area contributed by atoms with E-state index in [0.29, 0.717) is 11.4 Å². The third-order valence-corrected chi connectivity index (χ3v) is 4.46. The van der Waals surface area contributed by atoms with Crippen molar-refractivity contribution in [1.29, 1.82) is 0 Å². The van der Waals surface area contributed by atoms with E-state index in [9.17, 15) is 4.79 Å². The molecule has 150 valence electrons. The minimum Gasteiger partial charge on any atom is -0.493 e. The molecule has 3 aromatic rings. The van der Waals surface area contributed by atoms with Crippen molar-refractivity contribution in [3.63, 3.8) is 0 Å². The van der Waals surface area contributed by atoms with E-state index in [0.717, 1.165) is 41.2 Å². The lowest BCUT2D eigenvalue weighted by molar-refractivity contribution is 0.102. The van der Waals surface area contributed by atoms with E-state index in [1.807, 2.05) is 55.5 Å². The Morgan fingerprint density at radius 3 is 2.48 bits per heavy atom. The van der Waals surface area contributed by atoms with Crippen molar-refractivity contribution in [2.45, 2.75) is 13.3 Å². The van der Waals surface area contributed by atoms with Crippen LogP contribution in [0, 0.1) is 6.92 Å². The molecule has 0 unspecified atom stereocenters. The predicted molar refractivity (Wildman–Crippen MR) is 115 cm³/mol. The Morgan fingerprint density at radius 2 is 1.79 bits per heavy atom. The highest BCUT2D eigenvalue weighted by molar-refractivity contribution is 6.02. The summed E-state index contributed by atoms with van der Waals surface area (Å²) in [5, 5.41) is 6.18. The van der Waals surface area contributed by atoms with Gasteiger partial charge >= 0.3 is 0 Å². The van der Waals surface area contributed by atoms with Crippen LogP contribution in [-0.2, 0) is 6.42 Å². The molecule has 2 N–H and O–H groups in total. The van der Waals surface area contributed by atoms with Crippen LogP contribution < -0.4 is 20.1 Å². The summed E-state index contributed by atoms with van der Waals surface area (Å²) in [5.74, 6) is 1.20. The number of rotatable bonds is 8. The van der Waals surface area contributed by atoms with Gasteiger partial charge in [0.25, 0.3) is 5.91 Å². The number of aromatic nitrogens is 1. The van der Waals surface area contributed by atoms with Gasteiger partial charge in [0.05, 0.1) is 26.1 Å². The van der Waals surface area contributed by atoms with E-state index >= 15 is 0 Å². The second kappa shape index (κ2) is 9.59. The third kappa shape index (κ3) is 5.48. The maximum Gasteiger partial charge on any atom is 0.274 e. The molecule has 1 heterocycles. The Bertz CT molecular complexity index is 971. The quantitative estimate of drug-likeness (QED) is 0.598. The van der Waals surface area contributed by atoms with Crippen LogP contribution in [0.2, 0.25) is 0 Å². The zero-order valence-electron chi connectivity index (χ0n) is 16.9. The molecule has 0 aliphatic rings. The van der Waals surface area contributed by atoms with Gasteiger partial charge in [-0.05, 0) is 60.9 Å². The SMILES string of the molecule is COc1ccc(CCNc2ccc(C(=O)Nc3cccc(C)c3)nc2)cc1OC. The van der Waals surface area contributed by atoms with Crippen molar-refractivity contribution in [3.8, 4) is 11.5 Å². The molecule has 0 aliphatic heterocycles. The highest BCUT2D eigenvalue weighted by Gasteiger charge is 2.08. The summed E-state index contributed by atoms with van der Waals surface area (Å²) in [7, 11) is 3.25. The van der Waals surface area contributed by atoms with Gasteiger partial charge in [0.1, 0.15) is 5.69 Å². The minimum atomic E-state index is -0.229. The number of anilines is 2. The molecule has 0 fully saturated rings. The molecule has 0 saturated heterocycles. The zero-order valence-corrected chi connectivity index (χ0v) is 16.9. The van der Waals surface area contributed by atoms with Crippen LogP contribution in [0.5, 0.6) is 11.5 Å². The first-order chi connectivity index (χ1) is 14.1. The Morgan fingerprint density at radius 1 is 0.966 bits per heavy atom. The van der Waals surface area contributed by atoms with Crippen molar-refractivity contribution in [1.82, 2.24) is 4.98 Å². The van der Waals surface area contributed by atoms with Crippen molar-refractivity contribution < 1.29 is 14.3 Å². The second-order valence-electron chi connectivity index (χ2n) is 6.62. The first-order valence-corrected chi connectivity index (χ1v) is 9.38. The summed E-state index contributed by atoms with van der Waals surface area (Å²) >= 11 is 0. The van der Waals surface area contributed by atoms with Crippen molar-refractivity contribution in [2.24, 2.45) is 0 Å². The number of nitrogens with zero attached hydrogens (tertiary/aromatic N) is 1. The molecule has 0 atom stereocenters. The van der Waals surface area contributed by atoms with Gasteiger partial charge in [0, 0.05) is 12.2 Å². The molecule has 0 aliphatic carbocycles. The standard InChI is InChI=1S/C23H25N3O3/c1-16-5-4-6-18(13-16)26-23(27)20-9-8-19(15-25-20)24-12-11-17-7-10-21(28-2)22(14-17)29-3/h4-10,13-15,24H,11-12H2,1-3H3,(H,26,27). The van der Waals surface area contributed by atoms with Gasteiger partial charge < -0.3 is 20.1 Å². The second-order valence-corrected chi connectivity index (χ2v) is 6.62. The molecule has 29 heavy (non-hydrogen) atoms. The van der Waals surface area contributed by atoms with Gasteiger partial charge in [-0.2, -0.15) is 0 Å². The average Bonchev–Trinajstić information content (AvgIpc) is 2.74. The number of methoxy groups -OCH3 is 2. The number of hydrogen-bond donors (Lipinski definition) is 2. The Kier molecular flexibility index (Phi) is 6.68. The fourth-order valence-electron chi connectivity index (χ4n) is 2.94. The number of carbonyl (C=O) groups excluding carboxylic acids is 1. The number of pyridine rings is 1. The molecule has 3 rings (SSSR count). The number of carbonyl (C=O) groups is 1. The van der Waals surface area contributed by atoms with E-state index in [2.05, 4.69) is 15.6 Å². The fraction of sp³-hybridized carbons (Fsp3) is 0.217. The van der Waals surface area contributed by atoms with Crippen LogP contribution in [-0.4, -0.2) is 31.7 Å².